The van der Waals surface area contributed by atoms with Crippen LogP contribution in [0.5, 0.6) is 5.88 Å². The summed E-state index contributed by atoms with van der Waals surface area (Å²) in [6, 6.07) is 0.410. The van der Waals surface area contributed by atoms with E-state index in [1.165, 1.54) is 0 Å². The van der Waals surface area contributed by atoms with Gasteiger partial charge in [-0.2, -0.15) is 4.98 Å². The first-order valence-corrected chi connectivity index (χ1v) is 7.84. The molecule has 1 saturated heterocycles. The summed E-state index contributed by atoms with van der Waals surface area (Å²) < 4.78 is 7.84. The molecule has 0 N–H and O–H groups in total. The van der Waals surface area contributed by atoms with Gasteiger partial charge in [0.1, 0.15) is 0 Å². The van der Waals surface area contributed by atoms with Crippen LogP contribution in [0.25, 0.3) is 0 Å². The summed E-state index contributed by atoms with van der Waals surface area (Å²) in [7, 11) is 0. The standard InChI is InChI=1S/C16H23N5O/c1-12(2)22-16-9-18-8-15(19-16)20-6-4-13(3)14(10-20)21-7-5-17-11-21/h5,7-9,11-14H,4,6,10H2,1-3H3. The SMILES string of the molecule is CC(C)Oc1cncc(N2CCC(C)C(n3ccnc3)C2)n1. The van der Waals surface area contributed by atoms with Gasteiger partial charge >= 0.3 is 0 Å². The van der Waals surface area contributed by atoms with E-state index < -0.39 is 0 Å². The van der Waals surface area contributed by atoms with Crippen molar-refractivity contribution in [1.29, 1.82) is 0 Å². The monoisotopic (exact) mass is 301 g/mol. The molecule has 0 bridgehead atoms. The molecule has 2 aromatic rings. The zero-order valence-electron chi connectivity index (χ0n) is 13.4. The predicted octanol–water partition coefficient (Wildman–Crippen LogP) is 2.55. The Morgan fingerprint density at radius 3 is 2.86 bits per heavy atom. The Balaban J connectivity index is 1.77. The van der Waals surface area contributed by atoms with Gasteiger partial charge in [0.25, 0.3) is 0 Å². The molecule has 6 nitrogen and oxygen atoms in total. The van der Waals surface area contributed by atoms with Crippen LogP contribution in [0.15, 0.2) is 31.1 Å². The van der Waals surface area contributed by atoms with Crippen molar-refractivity contribution in [1.82, 2.24) is 19.5 Å². The minimum absolute atomic E-state index is 0.102. The molecule has 0 spiro atoms. The highest BCUT2D eigenvalue weighted by atomic mass is 16.5. The summed E-state index contributed by atoms with van der Waals surface area (Å²) in [5.74, 6) is 2.09. The van der Waals surface area contributed by atoms with Crippen molar-refractivity contribution >= 4 is 5.82 Å². The molecule has 1 fully saturated rings. The van der Waals surface area contributed by atoms with Gasteiger partial charge in [-0.15, -0.1) is 0 Å². The number of imidazole rings is 1. The zero-order chi connectivity index (χ0) is 15.5. The Morgan fingerprint density at radius 1 is 1.27 bits per heavy atom. The Bertz CT molecular complexity index is 598. The van der Waals surface area contributed by atoms with E-state index in [0.717, 1.165) is 25.3 Å². The van der Waals surface area contributed by atoms with Crippen LogP contribution in [0.1, 0.15) is 33.2 Å². The smallest absolute Gasteiger partial charge is 0.234 e. The van der Waals surface area contributed by atoms with Crippen LogP contribution in [0.4, 0.5) is 5.82 Å². The van der Waals surface area contributed by atoms with E-state index in [4.69, 9.17) is 4.74 Å². The third-order valence-corrected chi connectivity index (χ3v) is 4.11. The maximum absolute atomic E-state index is 5.65. The number of anilines is 1. The van der Waals surface area contributed by atoms with Crippen LogP contribution in [0.3, 0.4) is 0 Å². The van der Waals surface area contributed by atoms with E-state index in [9.17, 15) is 0 Å². The molecule has 3 rings (SSSR count). The lowest BCUT2D eigenvalue weighted by Crippen LogP contribution is -2.41. The van der Waals surface area contributed by atoms with Gasteiger partial charge in [0.15, 0.2) is 5.82 Å². The Hall–Kier alpha value is -2.11. The number of ether oxygens (including phenoxy) is 1. The molecule has 0 saturated carbocycles. The fourth-order valence-corrected chi connectivity index (χ4v) is 2.90. The molecule has 0 amide bonds. The largest absolute Gasteiger partial charge is 0.474 e. The second kappa shape index (κ2) is 6.34. The molecule has 0 aromatic carbocycles. The van der Waals surface area contributed by atoms with Gasteiger partial charge in [-0.25, -0.2) is 4.98 Å². The van der Waals surface area contributed by atoms with Crippen molar-refractivity contribution in [2.45, 2.75) is 39.3 Å². The van der Waals surface area contributed by atoms with Crippen molar-refractivity contribution in [3.8, 4) is 5.88 Å². The molecule has 118 valence electrons. The Kier molecular flexibility index (Phi) is 4.27. The molecular formula is C16H23N5O. The molecule has 6 heteroatoms. The van der Waals surface area contributed by atoms with Gasteiger partial charge < -0.3 is 14.2 Å². The number of piperidine rings is 1. The number of aromatic nitrogens is 4. The lowest BCUT2D eigenvalue weighted by Gasteiger charge is -2.38. The topological polar surface area (TPSA) is 56.1 Å². The molecule has 0 radical (unpaired) electrons. The lowest BCUT2D eigenvalue weighted by molar-refractivity contribution is 0.231. The summed E-state index contributed by atoms with van der Waals surface area (Å²) >= 11 is 0. The van der Waals surface area contributed by atoms with Crippen LogP contribution in [0, 0.1) is 5.92 Å². The molecule has 2 aromatic heterocycles. The van der Waals surface area contributed by atoms with Crippen molar-refractivity contribution < 1.29 is 4.74 Å². The summed E-state index contributed by atoms with van der Waals surface area (Å²) in [6.07, 6.45) is 10.5. The van der Waals surface area contributed by atoms with Gasteiger partial charge in [-0.1, -0.05) is 6.92 Å². The molecule has 22 heavy (non-hydrogen) atoms. The molecule has 1 aliphatic heterocycles. The summed E-state index contributed by atoms with van der Waals surface area (Å²) in [6.45, 7) is 8.19. The maximum atomic E-state index is 5.65. The summed E-state index contributed by atoms with van der Waals surface area (Å²) in [4.78, 5) is 15.3. The summed E-state index contributed by atoms with van der Waals surface area (Å²) in [5, 5.41) is 0. The van der Waals surface area contributed by atoms with Crippen molar-refractivity contribution in [2.75, 3.05) is 18.0 Å². The number of rotatable bonds is 4. The number of nitrogens with zero attached hydrogens (tertiary/aromatic N) is 5. The van der Waals surface area contributed by atoms with E-state index in [1.807, 2.05) is 38.8 Å². The minimum Gasteiger partial charge on any atom is -0.474 e. The third kappa shape index (κ3) is 3.21. The highest BCUT2D eigenvalue weighted by molar-refractivity contribution is 5.38. The highest BCUT2D eigenvalue weighted by Crippen LogP contribution is 2.30. The van der Waals surface area contributed by atoms with Crippen molar-refractivity contribution in [3.05, 3.63) is 31.1 Å². The van der Waals surface area contributed by atoms with E-state index in [1.54, 1.807) is 6.20 Å². The average molecular weight is 301 g/mol. The van der Waals surface area contributed by atoms with Gasteiger partial charge in [0.05, 0.1) is 30.9 Å². The van der Waals surface area contributed by atoms with Crippen LogP contribution < -0.4 is 9.64 Å². The third-order valence-electron chi connectivity index (χ3n) is 4.11. The molecule has 2 unspecified atom stereocenters. The number of hydrogen-bond donors (Lipinski definition) is 0. The quantitative estimate of drug-likeness (QED) is 0.868. The molecule has 1 aliphatic rings. The average Bonchev–Trinajstić information content (AvgIpc) is 3.01. The minimum atomic E-state index is 0.102. The van der Waals surface area contributed by atoms with Gasteiger partial charge in [-0.05, 0) is 26.2 Å². The van der Waals surface area contributed by atoms with Crippen LogP contribution in [-0.2, 0) is 0 Å². The fourth-order valence-electron chi connectivity index (χ4n) is 2.90. The molecule has 2 atom stereocenters. The summed E-state index contributed by atoms with van der Waals surface area (Å²) in [5.41, 5.74) is 0. The second-order valence-electron chi connectivity index (χ2n) is 6.17. The van der Waals surface area contributed by atoms with E-state index in [2.05, 4.69) is 31.3 Å². The van der Waals surface area contributed by atoms with E-state index in [-0.39, 0.29) is 6.10 Å². The van der Waals surface area contributed by atoms with E-state index in [0.29, 0.717) is 17.8 Å². The fraction of sp³-hybridized carbons (Fsp3) is 0.562. The van der Waals surface area contributed by atoms with E-state index >= 15 is 0 Å². The van der Waals surface area contributed by atoms with Gasteiger partial charge in [-0.3, -0.25) is 4.98 Å². The highest BCUT2D eigenvalue weighted by Gasteiger charge is 2.28. The maximum Gasteiger partial charge on any atom is 0.234 e. The lowest BCUT2D eigenvalue weighted by atomic mass is 9.93. The van der Waals surface area contributed by atoms with Crippen LogP contribution in [-0.4, -0.2) is 38.7 Å². The van der Waals surface area contributed by atoms with Crippen molar-refractivity contribution in [3.63, 3.8) is 0 Å². The van der Waals surface area contributed by atoms with Crippen LogP contribution in [0.2, 0.25) is 0 Å². The van der Waals surface area contributed by atoms with Gasteiger partial charge in [0.2, 0.25) is 5.88 Å². The zero-order valence-corrected chi connectivity index (χ0v) is 13.4. The normalized spacial score (nSPS) is 22.1. The number of hydrogen-bond acceptors (Lipinski definition) is 5. The molecular weight excluding hydrogens is 278 g/mol. The Labute approximate surface area is 131 Å². The predicted molar refractivity (Wildman–Crippen MR) is 85.1 cm³/mol. The molecule has 0 aliphatic carbocycles. The first kappa shape index (κ1) is 14.8. The Morgan fingerprint density at radius 2 is 2.14 bits per heavy atom. The first-order chi connectivity index (χ1) is 10.6. The molecule has 3 heterocycles. The van der Waals surface area contributed by atoms with Crippen LogP contribution >= 0.6 is 0 Å². The first-order valence-electron chi connectivity index (χ1n) is 7.84. The van der Waals surface area contributed by atoms with Gasteiger partial charge in [0, 0.05) is 25.5 Å². The van der Waals surface area contributed by atoms with Crippen molar-refractivity contribution in [2.24, 2.45) is 5.92 Å². The second-order valence-corrected chi connectivity index (χ2v) is 6.17.